The number of nitrogens with zero attached hydrogens (tertiary/aromatic N) is 2. The summed E-state index contributed by atoms with van der Waals surface area (Å²) in [7, 11) is 0. The largest absolute Gasteiger partial charge is 0.377 e. The fourth-order valence-electron chi connectivity index (χ4n) is 2.22. The van der Waals surface area contributed by atoms with E-state index in [4.69, 9.17) is 5.73 Å². The summed E-state index contributed by atoms with van der Waals surface area (Å²) in [6.45, 7) is 2.92. The van der Waals surface area contributed by atoms with E-state index in [1.807, 2.05) is 35.0 Å². The molecule has 0 aliphatic rings. The van der Waals surface area contributed by atoms with Crippen molar-refractivity contribution < 1.29 is 5.11 Å². The van der Waals surface area contributed by atoms with Crippen LogP contribution in [0.1, 0.15) is 24.6 Å². The van der Waals surface area contributed by atoms with Crippen molar-refractivity contribution >= 4 is 15.9 Å². The highest BCUT2D eigenvalue weighted by molar-refractivity contribution is 9.10. The third-order valence-corrected chi connectivity index (χ3v) is 3.75. The fourth-order valence-corrected chi connectivity index (χ4v) is 2.84. The van der Waals surface area contributed by atoms with Crippen LogP contribution in [0.2, 0.25) is 0 Å². The van der Waals surface area contributed by atoms with Gasteiger partial charge < -0.3 is 10.8 Å². The van der Waals surface area contributed by atoms with E-state index in [0.29, 0.717) is 5.69 Å². The normalized spacial score (nSPS) is 14.3. The Balaban J connectivity index is 2.56. The molecular weight excluding hydrogens is 306 g/mol. The number of aromatic nitrogens is 2. The van der Waals surface area contributed by atoms with Crippen molar-refractivity contribution in [1.82, 2.24) is 9.78 Å². The molecule has 0 amide bonds. The van der Waals surface area contributed by atoms with Crippen molar-refractivity contribution in [3.8, 4) is 0 Å². The van der Waals surface area contributed by atoms with Crippen LogP contribution in [0.25, 0.3) is 0 Å². The lowest BCUT2D eigenvalue weighted by Gasteiger charge is -2.28. The van der Waals surface area contributed by atoms with E-state index in [2.05, 4.69) is 28.0 Å². The first-order chi connectivity index (χ1) is 9.13. The Kier molecular flexibility index (Phi) is 4.39. The van der Waals surface area contributed by atoms with E-state index in [1.165, 1.54) is 0 Å². The molecule has 102 valence electrons. The second-order valence-corrected chi connectivity index (χ2v) is 5.35. The second kappa shape index (κ2) is 5.86. The summed E-state index contributed by atoms with van der Waals surface area (Å²) in [5.41, 5.74) is 6.11. The highest BCUT2D eigenvalue weighted by Gasteiger charge is 2.35. The van der Waals surface area contributed by atoms with Crippen LogP contribution in [0.3, 0.4) is 0 Å². The first-order valence-corrected chi connectivity index (χ1v) is 7.12. The summed E-state index contributed by atoms with van der Waals surface area (Å²) >= 11 is 3.46. The Labute approximate surface area is 121 Å². The maximum absolute atomic E-state index is 11.0. The van der Waals surface area contributed by atoms with E-state index < -0.39 is 5.60 Å². The van der Waals surface area contributed by atoms with Gasteiger partial charge in [0, 0.05) is 13.1 Å². The van der Waals surface area contributed by atoms with Crippen LogP contribution in [-0.2, 0) is 12.1 Å². The van der Waals surface area contributed by atoms with E-state index in [1.54, 1.807) is 6.20 Å². The molecule has 0 radical (unpaired) electrons. The molecule has 1 aromatic carbocycles. The zero-order chi connectivity index (χ0) is 13.9. The monoisotopic (exact) mass is 323 g/mol. The van der Waals surface area contributed by atoms with Gasteiger partial charge in [0.05, 0.1) is 16.4 Å². The molecule has 1 heterocycles. The topological polar surface area (TPSA) is 64.1 Å². The summed E-state index contributed by atoms with van der Waals surface area (Å²) in [5, 5.41) is 15.3. The zero-order valence-corrected chi connectivity index (χ0v) is 12.5. The quantitative estimate of drug-likeness (QED) is 0.887. The van der Waals surface area contributed by atoms with Crippen molar-refractivity contribution in [2.24, 2.45) is 5.73 Å². The van der Waals surface area contributed by atoms with Crippen LogP contribution in [0.5, 0.6) is 0 Å². The number of nitrogens with two attached hydrogens (primary N) is 1. The van der Waals surface area contributed by atoms with Crippen LogP contribution in [-0.4, -0.2) is 21.4 Å². The average Bonchev–Trinajstić information content (AvgIpc) is 2.81. The van der Waals surface area contributed by atoms with Gasteiger partial charge in [-0.15, -0.1) is 0 Å². The predicted molar refractivity (Wildman–Crippen MR) is 78.7 cm³/mol. The van der Waals surface area contributed by atoms with Crippen LogP contribution in [0, 0.1) is 0 Å². The molecule has 1 aromatic heterocycles. The number of rotatable bonds is 5. The molecule has 3 N–H and O–H groups in total. The van der Waals surface area contributed by atoms with Gasteiger partial charge in [0.25, 0.3) is 0 Å². The number of halogens is 1. The lowest BCUT2D eigenvalue weighted by Crippen LogP contribution is -2.38. The Morgan fingerprint density at radius 1 is 1.37 bits per heavy atom. The fraction of sp³-hybridized carbons (Fsp3) is 0.357. The molecule has 1 unspecified atom stereocenters. The van der Waals surface area contributed by atoms with Crippen molar-refractivity contribution in [3.05, 3.63) is 52.3 Å². The molecule has 19 heavy (non-hydrogen) atoms. The number of aliphatic hydroxyl groups is 1. The second-order valence-electron chi connectivity index (χ2n) is 4.49. The molecular formula is C14H18BrN3O. The summed E-state index contributed by atoms with van der Waals surface area (Å²) in [4.78, 5) is 0. The minimum Gasteiger partial charge on any atom is -0.377 e. The first kappa shape index (κ1) is 14.2. The summed E-state index contributed by atoms with van der Waals surface area (Å²) in [6.07, 6.45) is 2.64. The van der Waals surface area contributed by atoms with E-state index >= 15 is 0 Å². The lowest BCUT2D eigenvalue weighted by atomic mass is 9.90. The van der Waals surface area contributed by atoms with Crippen molar-refractivity contribution in [2.45, 2.75) is 25.5 Å². The van der Waals surface area contributed by atoms with Gasteiger partial charge in [-0.05, 0) is 27.9 Å². The number of aryl methyl sites for hydroxylation is 1. The molecule has 0 saturated heterocycles. The SMILES string of the molecule is CCCn1ncc(Br)c1C(O)(CN)c1ccccc1. The van der Waals surface area contributed by atoms with Gasteiger partial charge in [0.2, 0.25) is 0 Å². The maximum atomic E-state index is 11.0. The van der Waals surface area contributed by atoms with E-state index in [0.717, 1.165) is 23.0 Å². The Morgan fingerprint density at radius 3 is 2.63 bits per heavy atom. The van der Waals surface area contributed by atoms with Gasteiger partial charge in [-0.1, -0.05) is 37.3 Å². The van der Waals surface area contributed by atoms with Crippen LogP contribution in [0.15, 0.2) is 41.0 Å². The summed E-state index contributed by atoms with van der Waals surface area (Å²) < 4.78 is 2.59. The molecule has 0 saturated carbocycles. The molecule has 0 aliphatic carbocycles. The molecule has 1 atom stereocenters. The molecule has 0 spiro atoms. The number of benzene rings is 1. The van der Waals surface area contributed by atoms with Gasteiger partial charge in [-0.2, -0.15) is 5.10 Å². The van der Waals surface area contributed by atoms with Crippen LogP contribution < -0.4 is 5.73 Å². The number of hydrogen-bond acceptors (Lipinski definition) is 3. The third kappa shape index (κ3) is 2.59. The highest BCUT2D eigenvalue weighted by Crippen LogP contribution is 2.33. The standard InChI is InChI=1S/C14H18BrN3O/c1-2-8-18-13(12(15)9-17-18)14(19,10-16)11-6-4-3-5-7-11/h3-7,9,19H,2,8,10,16H2,1H3. The Morgan fingerprint density at radius 2 is 2.05 bits per heavy atom. The predicted octanol–water partition coefficient (Wildman–Crippen LogP) is 2.25. The molecule has 0 bridgehead atoms. The third-order valence-electron chi connectivity index (χ3n) is 3.17. The van der Waals surface area contributed by atoms with Crippen molar-refractivity contribution in [3.63, 3.8) is 0 Å². The minimum atomic E-state index is -1.23. The van der Waals surface area contributed by atoms with Gasteiger partial charge in [0.1, 0.15) is 5.60 Å². The minimum absolute atomic E-state index is 0.102. The van der Waals surface area contributed by atoms with Gasteiger partial charge in [0.15, 0.2) is 0 Å². The Bertz CT molecular complexity index is 541. The van der Waals surface area contributed by atoms with Crippen molar-refractivity contribution in [2.75, 3.05) is 6.54 Å². The smallest absolute Gasteiger partial charge is 0.144 e. The summed E-state index contributed by atoms with van der Waals surface area (Å²) in [5.74, 6) is 0. The summed E-state index contributed by atoms with van der Waals surface area (Å²) in [6, 6.07) is 9.46. The van der Waals surface area contributed by atoms with Crippen LogP contribution in [0.4, 0.5) is 0 Å². The Hall–Kier alpha value is -1.17. The van der Waals surface area contributed by atoms with E-state index in [9.17, 15) is 5.11 Å². The van der Waals surface area contributed by atoms with Crippen LogP contribution >= 0.6 is 15.9 Å². The molecule has 4 nitrogen and oxygen atoms in total. The van der Waals surface area contributed by atoms with Gasteiger partial charge >= 0.3 is 0 Å². The average molecular weight is 324 g/mol. The van der Waals surface area contributed by atoms with Crippen molar-refractivity contribution in [1.29, 1.82) is 0 Å². The lowest BCUT2D eigenvalue weighted by molar-refractivity contribution is 0.0790. The van der Waals surface area contributed by atoms with Gasteiger partial charge in [-0.25, -0.2) is 0 Å². The zero-order valence-electron chi connectivity index (χ0n) is 10.9. The highest BCUT2D eigenvalue weighted by atomic mass is 79.9. The van der Waals surface area contributed by atoms with E-state index in [-0.39, 0.29) is 6.54 Å². The molecule has 2 aromatic rings. The number of hydrogen-bond donors (Lipinski definition) is 2. The van der Waals surface area contributed by atoms with Gasteiger partial charge in [-0.3, -0.25) is 4.68 Å². The first-order valence-electron chi connectivity index (χ1n) is 6.33. The molecule has 2 rings (SSSR count). The molecule has 0 aliphatic heterocycles. The molecule has 0 fully saturated rings. The molecule has 5 heteroatoms. The maximum Gasteiger partial charge on any atom is 0.144 e.